The van der Waals surface area contributed by atoms with E-state index in [1.165, 1.54) is 12.8 Å². The van der Waals surface area contributed by atoms with Gasteiger partial charge in [-0.3, -0.25) is 14.6 Å². The molecule has 0 unspecified atom stereocenters. The third-order valence-electron chi connectivity index (χ3n) is 6.61. The summed E-state index contributed by atoms with van der Waals surface area (Å²) < 4.78 is 0. The van der Waals surface area contributed by atoms with Crippen LogP contribution in [-0.2, 0) is 0 Å². The fraction of sp³-hybridized carbons (Fsp3) is 0.387. The number of amides is 2. The topological polar surface area (TPSA) is 65.5 Å². The molecule has 196 valence electrons. The highest BCUT2D eigenvalue weighted by Gasteiger charge is 2.23. The Hall–Kier alpha value is -3.51. The molecule has 0 fully saturated rings. The minimum atomic E-state index is -0.190. The predicted molar refractivity (Wildman–Crippen MR) is 151 cm³/mol. The molecule has 3 aromatic rings. The molecule has 2 aromatic carbocycles. The van der Waals surface area contributed by atoms with Crippen LogP contribution in [0.2, 0.25) is 0 Å². The lowest BCUT2D eigenvalue weighted by molar-refractivity contribution is 0.0677. The zero-order valence-electron chi connectivity index (χ0n) is 22.6. The lowest BCUT2D eigenvalue weighted by Gasteiger charge is -2.31. The molecular formula is C31H40N4O2. The number of nitrogens with zero attached hydrogens (tertiary/aromatic N) is 3. The van der Waals surface area contributed by atoms with Crippen LogP contribution in [0.1, 0.15) is 71.9 Å². The maximum Gasteiger partial charge on any atom is 0.254 e. The first kappa shape index (κ1) is 28.1. The molecule has 1 atom stereocenters. The van der Waals surface area contributed by atoms with Gasteiger partial charge in [0.2, 0.25) is 0 Å². The molecule has 0 radical (unpaired) electrons. The summed E-state index contributed by atoms with van der Waals surface area (Å²) in [5.74, 6) is -0.0928. The first-order valence-electron chi connectivity index (χ1n) is 13.2. The highest BCUT2D eigenvalue weighted by Crippen LogP contribution is 2.25. The van der Waals surface area contributed by atoms with Crippen LogP contribution >= 0.6 is 0 Å². The van der Waals surface area contributed by atoms with Gasteiger partial charge in [0.05, 0.1) is 6.04 Å². The fourth-order valence-electron chi connectivity index (χ4n) is 4.27. The van der Waals surface area contributed by atoms with Crippen molar-refractivity contribution in [1.82, 2.24) is 20.1 Å². The van der Waals surface area contributed by atoms with Crippen molar-refractivity contribution in [2.24, 2.45) is 0 Å². The molecule has 1 aromatic heterocycles. The minimum absolute atomic E-state index is 0.0265. The summed E-state index contributed by atoms with van der Waals surface area (Å²) in [7, 11) is 4.00. The van der Waals surface area contributed by atoms with E-state index >= 15 is 0 Å². The van der Waals surface area contributed by atoms with Crippen LogP contribution in [0.4, 0.5) is 0 Å². The number of benzene rings is 2. The zero-order valence-corrected chi connectivity index (χ0v) is 22.6. The first-order valence-corrected chi connectivity index (χ1v) is 13.2. The average molecular weight is 501 g/mol. The normalized spacial score (nSPS) is 11.8. The second kappa shape index (κ2) is 14.3. The van der Waals surface area contributed by atoms with Crippen LogP contribution in [0.15, 0.2) is 73.1 Å². The van der Waals surface area contributed by atoms with Gasteiger partial charge in [-0.15, -0.1) is 0 Å². The third-order valence-corrected chi connectivity index (χ3v) is 6.61. The van der Waals surface area contributed by atoms with E-state index in [1.807, 2.05) is 86.6 Å². The lowest BCUT2D eigenvalue weighted by atomic mass is 10.0. The van der Waals surface area contributed by atoms with Crippen molar-refractivity contribution in [1.29, 1.82) is 0 Å². The molecule has 0 aliphatic carbocycles. The molecule has 0 aliphatic heterocycles. The number of carbonyl (C=O) groups is 2. The number of aromatic nitrogens is 1. The Labute approximate surface area is 221 Å². The summed E-state index contributed by atoms with van der Waals surface area (Å²) >= 11 is 0. The van der Waals surface area contributed by atoms with Gasteiger partial charge in [-0.1, -0.05) is 50.5 Å². The SMILES string of the molecule is CCCCCCNC(=O)c1cccc([C@@H](C)N(CCN(C)C)C(=O)c2ccc(-c3ccncc3)cc2)c1. The summed E-state index contributed by atoms with van der Waals surface area (Å²) in [5.41, 5.74) is 4.32. The van der Waals surface area contributed by atoms with Gasteiger partial charge in [0, 0.05) is 43.2 Å². The average Bonchev–Trinajstić information content (AvgIpc) is 2.93. The van der Waals surface area contributed by atoms with E-state index in [9.17, 15) is 9.59 Å². The Kier molecular flexibility index (Phi) is 10.8. The van der Waals surface area contributed by atoms with Crippen molar-refractivity contribution < 1.29 is 9.59 Å². The van der Waals surface area contributed by atoms with Gasteiger partial charge in [-0.05, 0) is 80.5 Å². The number of hydrogen-bond donors (Lipinski definition) is 1. The smallest absolute Gasteiger partial charge is 0.254 e. The predicted octanol–water partition coefficient (Wildman–Crippen LogP) is 5.82. The number of unbranched alkanes of at least 4 members (excludes halogenated alkanes) is 3. The van der Waals surface area contributed by atoms with Gasteiger partial charge in [0.15, 0.2) is 0 Å². The van der Waals surface area contributed by atoms with Gasteiger partial charge in [-0.2, -0.15) is 0 Å². The maximum atomic E-state index is 13.7. The van der Waals surface area contributed by atoms with Crippen molar-refractivity contribution in [3.05, 3.63) is 89.7 Å². The van der Waals surface area contributed by atoms with E-state index in [4.69, 9.17) is 0 Å². The van der Waals surface area contributed by atoms with Gasteiger partial charge < -0.3 is 15.1 Å². The quantitative estimate of drug-likeness (QED) is 0.300. The highest BCUT2D eigenvalue weighted by molar-refractivity contribution is 5.96. The molecule has 0 saturated heterocycles. The molecule has 0 spiro atoms. The largest absolute Gasteiger partial charge is 0.352 e. The summed E-state index contributed by atoms with van der Waals surface area (Å²) in [6, 6.07) is 19.1. The van der Waals surface area contributed by atoms with E-state index in [0.717, 1.165) is 36.1 Å². The molecular weight excluding hydrogens is 460 g/mol. The molecule has 6 nitrogen and oxygen atoms in total. The third kappa shape index (κ3) is 8.25. The standard InChI is InChI=1S/C31H40N4O2/c1-5-6-7-8-18-33-30(36)29-11-9-10-28(23-29)24(2)35(22-21-34(3)4)31(37)27-14-12-25(13-15-27)26-16-19-32-20-17-26/h9-17,19-20,23-24H,5-8,18,21-22H2,1-4H3,(H,33,36)/t24-/m1/s1. The van der Waals surface area contributed by atoms with Crippen molar-refractivity contribution >= 4 is 11.8 Å². The van der Waals surface area contributed by atoms with E-state index < -0.39 is 0 Å². The van der Waals surface area contributed by atoms with E-state index in [2.05, 4.69) is 22.1 Å². The van der Waals surface area contributed by atoms with Gasteiger partial charge in [0.1, 0.15) is 0 Å². The van der Waals surface area contributed by atoms with Crippen molar-refractivity contribution in [3.63, 3.8) is 0 Å². The Morgan fingerprint density at radius 2 is 1.57 bits per heavy atom. The zero-order chi connectivity index (χ0) is 26.6. The van der Waals surface area contributed by atoms with Crippen LogP contribution in [0.3, 0.4) is 0 Å². The molecule has 1 heterocycles. The molecule has 3 rings (SSSR count). The first-order chi connectivity index (χ1) is 17.9. The maximum absolute atomic E-state index is 13.7. The Balaban J connectivity index is 1.76. The van der Waals surface area contributed by atoms with Crippen molar-refractivity contribution in [3.8, 4) is 11.1 Å². The monoisotopic (exact) mass is 500 g/mol. The second-order valence-corrected chi connectivity index (χ2v) is 9.73. The summed E-state index contributed by atoms with van der Waals surface area (Å²) in [4.78, 5) is 34.5. The number of nitrogens with one attached hydrogen (secondary N) is 1. The molecule has 6 heteroatoms. The molecule has 1 N–H and O–H groups in total. The second-order valence-electron chi connectivity index (χ2n) is 9.73. The van der Waals surface area contributed by atoms with Crippen LogP contribution in [0.5, 0.6) is 0 Å². The Morgan fingerprint density at radius 3 is 2.24 bits per heavy atom. The summed E-state index contributed by atoms with van der Waals surface area (Å²) in [6.45, 7) is 6.20. The summed E-state index contributed by atoms with van der Waals surface area (Å²) in [5, 5.41) is 3.03. The van der Waals surface area contributed by atoms with Crippen LogP contribution in [0, 0.1) is 0 Å². The highest BCUT2D eigenvalue weighted by atomic mass is 16.2. The van der Waals surface area contributed by atoms with Crippen molar-refractivity contribution in [2.45, 2.75) is 45.6 Å². The lowest BCUT2D eigenvalue weighted by Crippen LogP contribution is -2.38. The van der Waals surface area contributed by atoms with Crippen LogP contribution < -0.4 is 5.32 Å². The van der Waals surface area contributed by atoms with E-state index in [-0.39, 0.29) is 17.9 Å². The van der Waals surface area contributed by atoms with Gasteiger partial charge in [-0.25, -0.2) is 0 Å². The van der Waals surface area contributed by atoms with E-state index in [0.29, 0.717) is 24.2 Å². The van der Waals surface area contributed by atoms with E-state index in [1.54, 1.807) is 12.4 Å². The van der Waals surface area contributed by atoms with Crippen LogP contribution in [-0.4, -0.2) is 60.3 Å². The number of carbonyl (C=O) groups excluding carboxylic acids is 2. The van der Waals surface area contributed by atoms with Crippen molar-refractivity contribution in [2.75, 3.05) is 33.7 Å². The minimum Gasteiger partial charge on any atom is -0.352 e. The molecule has 37 heavy (non-hydrogen) atoms. The Morgan fingerprint density at radius 1 is 0.865 bits per heavy atom. The summed E-state index contributed by atoms with van der Waals surface area (Å²) in [6.07, 6.45) is 8.00. The number of pyridine rings is 1. The number of likely N-dealkylation sites (N-methyl/N-ethyl adjacent to an activating group) is 1. The fourth-order valence-corrected chi connectivity index (χ4v) is 4.27. The number of rotatable bonds is 13. The molecule has 2 amide bonds. The van der Waals surface area contributed by atoms with Gasteiger partial charge in [0.25, 0.3) is 11.8 Å². The molecule has 0 bridgehead atoms. The molecule has 0 saturated carbocycles. The Bertz CT molecular complexity index is 1130. The van der Waals surface area contributed by atoms with Crippen LogP contribution in [0.25, 0.3) is 11.1 Å². The number of hydrogen-bond acceptors (Lipinski definition) is 4. The molecule has 0 aliphatic rings. The van der Waals surface area contributed by atoms with Gasteiger partial charge >= 0.3 is 0 Å².